The van der Waals surface area contributed by atoms with E-state index in [0.29, 0.717) is 11.1 Å². The largest absolute Gasteiger partial charge is 0.508 e. The van der Waals surface area contributed by atoms with E-state index in [1.165, 1.54) is 36.4 Å². The van der Waals surface area contributed by atoms with Crippen LogP contribution in [0.5, 0.6) is 11.5 Å². The second-order valence-electron chi connectivity index (χ2n) is 7.25. The number of benzene rings is 2. The molecule has 0 amide bonds. The number of hydrogen-bond acceptors (Lipinski definition) is 6. The van der Waals surface area contributed by atoms with E-state index in [9.17, 15) is 19.8 Å². The lowest BCUT2D eigenvalue weighted by molar-refractivity contribution is -0.173. The molecule has 6 nitrogen and oxygen atoms in total. The van der Waals surface area contributed by atoms with Crippen molar-refractivity contribution in [2.75, 3.05) is 0 Å². The van der Waals surface area contributed by atoms with Crippen LogP contribution >= 0.6 is 0 Å². The van der Waals surface area contributed by atoms with Crippen molar-refractivity contribution in [3.63, 3.8) is 0 Å². The van der Waals surface area contributed by atoms with E-state index in [1.807, 2.05) is 0 Å². The first-order chi connectivity index (χ1) is 13.1. The molecule has 0 bridgehead atoms. The fraction of sp³-hybridized carbons (Fsp3) is 0.273. The van der Waals surface area contributed by atoms with Gasteiger partial charge in [0.1, 0.15) is 17.1 Å². The Balaban J connectivity index is 2.10. The molecule has 148 valence electrons. The SMILES string of the molecule is CC(C)(C)OC(=O)C(Cc1ccc(O)cc1)OC(=O)/C=C/c1ccc(O)cc1. The van der Waals surface area contributed by atoms with Crippen LogP contribution in [0.2, 0.25) is 0 Å². The monoisotopic (exact) mass is 384 g/mol. The van der Waals surface area contributed by atoms with Crippen molar-refractivity contribution in [1.82, 2.24) is 0 Å². The van der Waals surface area contributed by atoms with Gasteiger partial charge in [-0.15, -0.1) is 0 Å². The third kappa shape index (κ3) is 7.15. The van der Waals surface area contributed by atoms with Gasteiger partial charge in [-0.3, -0.25) is 0 Å². The zero-order chi connectivity index (χ0) is 20.7. The van der Waals surface area contributed by atoms with Crippen LogP contribution in [-0.4, -0.2) is 33.9 Å². The maximum atomic E-state index is 12.5. The third-order valence-corrected chi connectivity index (χ3v) is 3.59. The molecule has 0 heterocycles. The normalized spacial score (nSPS) is 12.5. The van der Waals surface area contributed by atoms with Gasteiger partial charge in [-0.05, 0) is 62.2 Å². The summed E-state index contributed by atoms with van der Waals surface area (Å²) in [5.74, 6) is -1.11. The first-order valence-corrected chi connectivity index (χ1v) is 8.81. The maximum absolute atomic E-state index is 12.5. The van der Waals surface area contributed by atoms with Crippen molar-refractivity contribution in [2.45, 2.75) is 38.9 Å². The first kappa shape index (κ1) is 21.0. The number of rotatable bonds is 6. The topological polar surface area (TPSA) is 93.1 Å². The minimum Gasteiger partial charge on any atom is -0.508 e. The molecule has 28 heavy (non-hydrogen) atoms. The standard InChI is InChI=1S/C22H24O6/c1-22(2,3)28-21(26)19(14-16-6-11-18(24)12-7-16)27-20(25)13-8-15-4-9-17(23)10-5-15/h4-13,19,23-24H,14H2,1-3H3/b13-8+. The molecule has 0 saturated carbocycles. The van der Waals surface area contributed by atoms with Gasteiger partial charge < -0.3 is 19.7 Å². The summed E-state index contributed by atoms with van der Waals surface area (Å²) in [5, 5.41) is 18.7. The highest BCUT2D eigenvalue weighted by atomic mass is 16.6. The molecule has 6 heteroatoms. The molecule has 1 unspecified atom stereocenters. The molecular formula is C22H24O6. The van der Waals surface area contributed by atoms with Crippen LogP contribution in [0.4, 0.5) is 0 Å². The van der Waals surface area contributed by atoms with Crippen LogP contribution < -0.4 is 0 Å². The number of esters is 2. The highest BCUT2D eigenvalue weighted by molar-refractivity contribution is 5.89. The molecular weight excluding hydrogens is 360 g/mol. The van der Waals surface area contributed by atoms with Crippen molar-refractivity contribution in [2.24, 2.45) is 0 Å². The Labute approximate surface area is 164 Å². The molecule has 2 aromatic carbocycles. The number of phenolic OH excluding ortho intramolecular Hbond substituents is 2. The second kappa shape index (κ2) is 9.08. The summed E-state index contributed by atoms with van der Waals surface area (Å²) in [5.41, 5.74) is 0.685. The van der Waals surface area contributed by atoms with E-state index in [0.717, 1.165) is 0 Å². The van der Waals surface area contributed by atoms with Gasteiger partial charge in [0.05, 0.1) is 0 Å². The predicted molar refractivity (Wildman–Crippen MR) is 105 cm³/mol. The minimum absolute atomic E-state index is 0.103. The molecule has 0 saturated heterocycles. The van der Waals surface area contributed by atoms with E-state index < -0.39 is 23.6 Å². The zero-order valence-electron chi connectivity index (χ0n) is 16.1. The Morgan fingerprint density at radius 2 is 1.50 bits per heavy atom. The minimum atomic E-state index is -1.12. The van der Waals surface area contributed by atoms with E-state index in [1.54, 1.807) is 45.0 Å². The van der Waals surface area contributed by atoms with Crippen molar-refractivity contribution < 1.29 is 29.3 Å². The fourth-order valence-corrected chi connectivity index (χ4v) is 2.32. The lowest BCUT2D eigenvalue weighted by atomic mass is 10.1. The Hall–Kier alpha value is -3.28. The van der Waals surface area contributed by atoms with Crippen LogP contribution in [0, 0.1) is 0 Å². The van der Waals surface area contributed by atoms with Gasteiger partial charge in [0, 0.05) is 12.5 Å². The van der Waals surface area contributed by atoms with Crippen molar-refractivity contribution >= 4 is 18.0 Å². The lowest BCUT2D eigenvalue weighted by Crippen LogP contribution is -2.36. The Morgan fingerprint density at radius 1 is 0.964 bits per heavy atom. The first-order valence-electron chi connectivity index (χ1n) is 8.81. The van der Waals surface area contributed by atoms with Gasteiger partial charge in [0.2, 0.25) is 6.10 Å². The molecule has 0 radical (unpaired) electrons. The van der Waals surface area contributed by atoms with E-state index >= 15 is 0 Å². The molecule has 0 aliphatic heterocycles. The second-order valence-corrected chi connectivity index (χ2v) is 7.25. The summed E-state index contributed by atoms with van der Waals surface area (Å²) >= 11 is 0. The summed E-state index contributed by atoms with van der Waals surface area (Å²) in [7, 11) is 0. The predicted octanol–water partition coefficient (Wildman–Crippen LogP) is 3.61. The lowest BCUT2D eigenvalue weighted by Gasteiger charge is -2.23. The molecule has 1 atom stereocenters. The van der Waals surface area contributed by atoms with E-state index in [-0.39, 0.29) is 17.9 Å². The molecule has 0 spiro atoms. The Kier molecular flexibility index (Phi) is 6.82. The highest BCUT2D eigenvalue weighted by Crippen LogP contribution is 2.17. The average molecular weight is 384 g/mol. The van der Waals surface area contributed by atoms with Crippen molar-refractivity contribution in [1.29, 1.82) is 0 Å². The molecule has 2 rings (SSSR count). The van der Waals surface area contributed by atoms with Gasteiger partial charge in [-0.1, -0.05) is 24.3 Å². The van der Waals surface area contributed by atoms with Crippen LogP contribution in [0.3, 0.4) is 0 Å². The number of carbonyl (C=O) groups excluding carboxylic acids is 2. The number of carbonyl (C=O) groups is 2. The van der Waals surface area contributed by atoms with Gasteiger partial charge in [-0.25, -0.2) is 9.59 Å². The Morgan fingerprint density at radius 3 is 2.04 bits per heavy atom. The van der Waals surface area contributed by atoms with Crippen LogP contribution in [0.25, 0.3) is 6.08 Å². The van der Waals surface area contributed by atoms with Gasteiger partial charge in [0.15, 0.2) is 0 Å². The number of aromatic hydroxyl groups is 2. The van der Waals surface area contributed by atoms with Crippen LogP contribution in [-0.2, 0) is 25.5 Å². The number of hydrogen-bond donors (Lipinski definition) is 2. The summed E-state index contributed by atoms with van der Waals surface area (Å²) in [4.78, 5) is 24.7. The molecule has 0 aromatic heterocycles. The summed E-state index contributed by atoms with van der Waals surface area (Å²) in [6.45, 7) is 5.19. The van der Waals surface area contributed by atoms with Crippen LogP contribution in [0.1, 0.15) is 31.9 Å². The molecule has 2 N–H and O–H groups in total. The Bertz CT molecular complexity index is 829. The molecule has 0 aliphatic carbocycles. The average Bonchev–Trinajstić information content (AvgIpc) is 2.61. The van der Waals surface area contributed by atoms with Crippen molar-refractivity contribution in [3.05, 3.63) is 65.7 Å². The number of ether oxygens (including phenoxy) is 2. The fourth-order valence-electron chi connectivity index (χ4n) is 2.32. The zero-order valence-corrected chi connectivity index (χ0v) is 16.1. The summed E-state index contributed by atoms with van der Waals surface area (Å²) < 4.78 is 10.7. The van der Waals surface area contributed by atoms with Gasteiger partial charge in [0.25, 0.3) is 0 Å². The number of phenols is 2. The summed E-state index contributed by atoms with van der Waals surface area (Å²) in [6.07, 6.45) is 1.73. The van der Waals surface area contributed by atoms with Crippen molar-refractivity contribution in [3.8, 4) is 11.5 Å². The maximum Gasteiger partial charge on any atom is 0.348 e. The van der Waals surface area contributed by atoms with Crippen LogP contribution in [0.15, 0.2) is 54.6 Å². The molecule has 2 aromatic rings. The van der Waals surface area contributed by atoms with E-state index in [2.05, 4.69) is 0 Å². The molecule has 0 fully saturated rings. The molecule has 0 aliphatic rings. The smallest absolute Gasteiger partial charge is 0.348 e. The third-order valence-electron chi connectivity index (χ3n) is 3.59. The quantitative estimate of drug-likeness (QED) is 0.584. The van der Waals surface area contributed by atoms with Gasteiger partial charge >= 0.3 is 11.9 Å². The summed E-state index contributed by atoms with van der Waals surface area (Å²) in [6, 6.07) is 12.6. The van der Waals surface area contributed by atoms with E-state index in [4.69, 9.17) is 9.47 Å². The highest BCUT2D eigenvalue weighted by Gasteiger charge is 2.28. The van der Waals surface area contributed by atoms with Gasteiger partial charge in [-0.2, -0.15) is 0 Å².